The van der Waals surface area contributed by atoms with Gasteiger partial charge < -0.3 is 4.74 Å². The predicted molar refractivity (Wildman–Crippen MR) is 44.1 cm³/mol. The highest BCUT2D eigenvalue weighted by Crippen LogP contribution is 1.74. The summed E-state index contributed by atoms with van der Waals surface area (Å²) in [6.45, 7) is 0.708. The van der Waals surface area contributed by atoms with Crippen molar-refractivity contribution in [2.24, 2.45) is 0 Å². The third-order valence-corrected chi connectivity index (χ3v) is 1.02. The van der Waals surface area contributed by atoms with Crippen LogP contribution in [0.3, 0.4) is 0 Å². The van der Waals surface area contributed by atoms with Gasteiger partial charge in [-0.15, -0.1) is 0 Å². The molecule has 0 aromatic rings. The van der Waals surface area contributed by atoms with Crippen LogP contribution in [-0.4, -0.2) is 52.9 Å². The Balaban J connectivity index is 0. The van der Waals surface area contributed by atoms with Gasteiger partial charge in [-0.2, -0.15) is 8.42 Å². The van der Waals surface area contributed by atoms with Gasteiger partial charge in [0.25, 0.3) is 0 Å². The molecule has 1 N–H and O–H groups in total. The summed E-state index contributed by atoms with van der Waals surface area (Å²) in [7, 11) is 2.31. The Labute approximate surface area is 73.0 Å². The van der Waals surface area contributed by atoms with Crippen molar-refractivity contribution in [3.05, 3.63) is 0 Å². The van der Waals surface area contributed by atoms with Gasteiger partial charge in [0.05, 0.1) is 13.8 Å². The Kier molecular flexibility index (Phi) is 8.88. The van der Waals surface area contributed by atoms with E-state index in [1.165, 1.54) is 0 Å². The molecule has 0 bridgehead atoms. The molecule has 0 aliphatic heterocycles. The van der Waals surface area contributed by atoms with E-state index in [1.807, 2.05) is 19.0 Å². The molecule has 0 atom stereocenters. The summed E-state index contributed by atoms with van der Waals surface area (Å²) in [6, 6.07) is 0. The first kappa shape index (κ1) is 14.3. The second-order valence-corrected chi connectivity index (χ2v) is 3.28. The summed E-state index contributed by atoms with van der Waals surface area (Å²) < 4.78 is 34.4. The first-order valence-corrected chi connectivity index (χ1v) is 4.36. The first-order chi connectivity index (χ1) is 5.33. The SMILES string of the molecule is COCN(C)C.COS(=O)(=O)O. The summed E-state index contributed by atoms with van der Waals surface area (Å²) in [5.41, 5.74) is 0. The van der Waals surface area contributed by atoms with Gasteiger partial charge in [-0.1, -0.05) is 0 Å². The van der Waals surface area contributed by atoms with E-state index in [9.17, 15) is 8.42 Å². The summed E-state index contributed by atoms with van der Waals surface area (Å²) in [4.78, 5) is 1.96. The molecular weight excluding hydrogens is 186 g/mol. The van der Waals surface area contributed by atoms with Crippen LogP contribution < -0.4 is 0 Å². The maximum absolute atomic E-state index is 9.33. The molecule has 0 aromatic heterocycles. The van der Waals surface area contributed by atoms with E-state index in [-0.39, 0.29) is 0 Å². The van der Waals surface area contributed by atoms with Crippen molar-refractivity contribution in [1.29, 1.82) is 0 Å². The highest BCUT2D eigenvalue weighted by atomic mass is 32.3. The zero-order valence-corrected chi connectivity index (χ0v) is 8.46. The molecule has 0 saturated heterocycles. The van der Waals surface area contributed by atoms with Crippen LogP contribution in [0.5, 0.6) is 0 Å². The lowest BCUT2D eigenvalue weighted by Gasteiger charge is -2.04. The van der Waals surface area contributed by atoms with Gasteiger partial charge in [0.2, 0.25) is 0 Å². The fraction of sp³-hybridized carbons (Fsp3) is 1.00. The molecule has 0 spiro atoms. The number of rotatable bonds is 3. The van der Waals surface area contributed by atoms with Crippen LogP contribution in [0.15, 0.2) is 0 Å². The smallest absolute Gasteiger partial charge is 0.369 e. The van der Waals surface area contributed by atoms with Crippen molar-refractivity contribution in [3.8, 4) is 0 Å². The Morgan fingerprint density at radius 1 is 1.33 bits per heavy atom. The minimum absolute atomic E-state index is 0.708. The maximum Gasteiger partial charge on any atom is 0.397 e. The Morgan fingerprint density at radius 3 is 1.67 bits per heavy atom. The van der Waals surface area contributed by atoms with E-state index in [2.05, 4.69) is 4.18 Å². The molecule has 0 aliphatic carbocycles. The second-order valence-electron chi connectivity index (χ2n) is 2.09. The monoisotopic (exact) mass is 201 g/mol. The van der Waals surface area contributed by atoms with Crippen molar-refractivity contribution < 1.29 is 21.9 Å². The van der Waals surface area contributed by atoms with Gasteiger partial charge in [-0.05, 0) is 14.1 Å². The lowest BCUT2D eigenvalue weighted by molar-refractivity contribution is 0.0994. The van der Waals surface area contributed by atoms with E-state index < -0.39 is 10.4 Å². The summed E-state index contributed by atoms with van der Waals surface area (Å²) >= 11 is 0. The number of methoxy groups -OCH3 is 1. The van der Waals surface area contributed by atoms with Gasteiger partial charge in [-0.25, -0.2) is 0 Å². The van der Waals surface area contributed by atoms with Crippen LogP contribution in [0.1, 0.15) is 0 Å². The largest absolute Gasteiger partial charge is 0.397 e. The third kappa shape index (κ3) is 22.6. The molecule has 0 fully saturated rings. The van der Waals surface area contributed by atoms with E-state index in [0.29, 0.717) is 6.73 Å². The van der Waals surface area contributed by atoms with Crippen molar-refractivity contribution >= 4 is 10.4 Å². The molecule has 0 rings (SSSR count). The highest BCUT2D eigenvalue weighted by Gasteiger charge is 1.94. The highest BCUT2D eigenvalue weighted by molar-refractivity contribution is 7.80. The van der Waals surface area contributed by atoms with Gasteiger partial charge in [-0.3, -0.25) is 13.6 Å². The molecule has 0 aliphatic rings. The standard InChI is InChI=1S/C4H11NO.CH4O4S/c1-5(2)4-6-3;1-5-6(2,3)4/h4H2,1-3H3;1H3,(H,2,3,4). The van der Waals surface area contributed by atoms with Crippen molar-refractivity contribution in [2.45, 2.75) is 0 Å². The third-order valence-electron chi connectivity index (χ3n) is 0.598. The summed E-state index contributed by atoms with van der Waals surface area (Å²) in [5, 5.41) is 0. The van der Waals surface area contributed by atoms with E-state index in [1.54, 1.807) is 7.11 Å². The Morgan fingerprint density at radius 2 is 1.67 bits per heavy atom. The molecule has 0 unspecified atom stereocenters. The molecule has 0 amide bonds. The molecule has 76 valence electrons. The van der Waals surface area contributed by atoms with E-state index in [0.717, 1.165) is 7.11 Å². The lowest BCUT2D eigenvalue weighted by Crippen LogP contribution is -2.13. The zero-order chi connectivity index (χ0) is 10.2. The number of nitrogens with zero attached hydrogens (tertiary/aromatic N) is 1. The van der Waals surface area contributed by atoms with Crippen LogP contribution in [0.2, 0.25) is 0 Å². The minimum atomic E-state index is -4.16. The maximum atomic E-state index is 9.33. The average molecular weight is 201 g/mol. The molecule has 6 nitrogen and oxygen atoms in total. The molecule has 0 radical (unpaired) electrons. The normalized spacial score (nSPS) is 10.8. The fourth-order valence-electron chi connectivity index (χ4n) is 0.258. The van der Waals surface area contributed by atoms with Crippen LogP contribution >= 0.6 is 0 Å². The Hall–Kier alpha value is -0.210. The van der Waals surface area contributed by atoms with Crippen molar-refractivity contribution in [2.75, 3.05) is 35.0 Å². The second kappa shape index (κ2) is 7.44. The van der Waals surface area contributed by atoms with Gasteiger partial charge >= 0.3 is 10.4 Å². The zero-order valence-electron chi connectivity index (χ0n) is 7.64. The van der Waals surface area contributed by atoms with Crippen molar-refractivity contribution in [1.82, 2.24) is 4.90 Å². The lowest BCUT2D eigenvalue weighted by atomic mass is 10.9. The molecule has 7 heteroatoms. The number of hydrogen-bond donors (Lipinski definition) is 1. The average Bonchev–Trinajstić information content (AvgIpc) is 1.87. The van der Waals surface area contributed by atoms with E-state index in [4.69, 9.17) is 9.29 Å². The minimum Gasteiger partial charge on any atom is -0.369 e. The Bertz CT molecular complexity index is 176. The fourth-order valence-corrected chi connectivity index (χ4v) is 0.258. The molecule has 0 aromatic carbocycles. The summed E-state index contributed by atoms with van der Waals surface area (Å²) in [6.07, 6.45) is 0. The topological polar surface area (TPSA) is 76.1 Å². The first-order valence-electron chi connectivity index (χ1n) is 3.00. The summed E-state index contributed by atoms with van der Waals surface area (Å²) in [5.74, 6) is 0. The predicted octanol–water partition coefficient (Wildman–Crippen LogP) is -0.412. The number of hydrogen-bond acceptors (Lipinski definition) is 5. The molecular formula is C5H15NO5S. The van der Waals surface area contributed by atoms with E-state index >= 15 is 0 Å². The van der Waals surface area contributed by atoms with Crippen molar-refractivity contribution in [3.63, 3.8) is 0 Å². The van der Waals surface area contributed by atoms with Crippen LogP contribution in [0, 0.1) is 0 Å². The van der Waals surface area contributed by atoms with Crippen LogP contribution in [0.25, 0.3) is 0 Å². The quantitative estimate of drug-likeness (QED) is 0.494. The van der Waals surface area contributed by atoms with Crippen LogP contribution in [-0.2, 0) is 19.3 Å². The molecule has 0 saturated carbocycles. The van der Waals surface area contributed by atoms with Crippen LogP contribution in [0.4, 0.5) is 0 Å². The molecule has 12 heavy (non-hydrogen) atoms. The van der Waals surface area contributed by atoms with Gasteiger partial charge in [0.15, 0.2) is 0 Å². The molecule has 0 heterocycles. The van der Waals surface area contributed by atoms with Gasteiger partial charge in [0, 0.05) is 7.11 Å². The number of ether oxygens (including phenoxy) is 1. The van der Waals surface area contributed by atoms with Gasteiger partial charge in [0.1, 0.15) is 0 Å².